The molecule has 1 saturated heterocycles. The van der Waals surface area contributed by atoms with Crippen LogP contribution in [0.1, 0.15) is 79.1 Å². The lowest BCUT2D eigenvalue weighted by Crippen LogP contribution is -2.56. The molecule has 0 unspecified atom stereocenters. The second kappa shape index (κ2) is 19.0. The van der Waals surface area contributed by atoms with Crippen LogP contribution in [0.4, 0.5) is 10.8 Å². The van der Waals surface area contributed by atoms with Gasteiger partial charge in [0.05, 0.1) is 30.6 Å². The van der Waals surface area contributed by atoms with Gasteiger partial charge in [-0.3, -0.25) is 14.4 Å². The summed E-state index contributed by atoms with van der Waals surface area (Å²) in [5, 5.41) is 12.9. The fourth-order valence-corrected chi connectivity index (χ4v) is 10.4. The summed E-state index contributed by atoms with van der Waals surface area (Å²) in [6.07, 6.45) is 7.60. The monoisotopic (exact) mass is 886 g/mol. The van der Waals surface area contributed by atoms with Gasteiger partial charge in [0.15, 0.2) is 5.13 Å². The summed E-state index contributed by atoms with van der Waals surface area (Å²) in [6.45, 7) is 8.79. The number of benzene rings is 2. The van der Waals surface area contributed by atoms with Gasteiger partial charge in [-0.1, -0.05) is 44.6 Å². The molecule has 1 aliphatic carbocycles. The molecule has 332 valence electrons. The number of methoxy groups -OCH3 is 1. The maximum absolute atomic E-state index is 14.7. The number of ether oxygens (including phenoxy) is 2. The van der Waals surface area contributed by atoms with Gasteiger partial charge in [0.25, 0.3) is 15.9 Å². The molecule has 2 aromatic carbocycles. The SMILES string of the molecule is COc1ccc2c(O[C@@H]3C[C@@H](C(=O)N[C@]45C[C@H]4C=CCCCCCNc4ccccc4S(=O)(=O)NC5=O)N(C(=O)C[C@@H](N)CC(C)C)C3)cc(-c3csc(NC(C)C)n3)nc2c1. The molecular weight excluding hydrogens is 829 g/mol. The maximum Gasteiger partial charge on any atom is 0.266 e. The quantitative estimate of drug-likeness (QED) is 0.101. The van der Waals surface area contributed by atoms with E-state index in [-0.39, 0.29) is 48.6 Å². The number of carbonyl (C=O) groups excluding carboxylic acids is 3. The van der Waals surface area contributed by atoms with Gasteiger partial charge in [-0.2, -0.15) is 0 Å². The van der Waals surface area contributed by atoms with Crippen molar-refractivity contribution in [3.63, 3.8) is 0 Å². The number of para-hydroxylation sites is 1. The Morgan fingerprint density at radius 3 is 2.65 bits per heavy atom. The number of anilines is 2. The fourth-order valence-electron chi connectivity index (χ4n) is 8.30. The Morgan fingerprint density at radius 2 is 1.87 bits per heavy atom. The summed E-state index contributed by atoms with van der Waals surface area (Å²) in [5.74, 6) is -0.844. The van der Waals surface area contributed by atoms with Crippen molar-refractivity contribution in [2.24, 2.45) is 17.6 Å². The van der Waals surface area contributed by atoms with Gasteiger partial charge in [-0.05, 0) is 76.1 Å². The molecule has 17 heteroatoms. The first-order valence-corrected chi connectivity index (χ1v) is 23.8. The van der Waals surface area contributed by atoms with E-state index in [1.165, 1.54) is 22.3 Å². The number of nitrogens with one attached hydrogen (secondary N) is 4. The van der Waals surface area contributed by atoms with E-state index in [9.17, 15) is 22.8 Å². The van der Waals surface area contributed by atoms with Crippen molar-refractivity contribution in [3.05, 3.63) is 66.1 Å². The lowest BCUT2D eigenvalue weighted by atomic mass is 10.0. The van der Waals surface area contributed by atoms with Crippen molar-refractivity contribution in [3.8, 4) is 22.9 Å². The van der Waals surface area contributed by atoms with Crippen LogP contribution >= 0.6 is 11.3 Å². The molecule has 3 amide bonds. The Kier molecular flexibility index (Phi) is 13.7. The van der Waals surface area contributed by atoms with Crippen molar-refractivity contribution in [1.29, 1.82) is 0 Å². The minimum atomic E-state index is -4.35. The Morgan fingerprint density at radius 1 is 1.06 bits per heavy atom. The van der Waals surface area contributed by atoms with Crippen LogP contribution in [0.25, 0.3) is 22.3 Å². The molecule has 0 bridgehead atoms. The number of fused-ring (bicyclic) bond motifs is 3. The Balaban J connectivity index is 1.19. The molecule has 0 radical (unpaired) electrons. The van der Waals surface area contributed by atoms with Gasteiger partial charge in [0.1, 0.15) is 39.8 Å². The fraction of sp³-hybridized carbons (Fsp3) is 0.489. The summed E-state index contributed by atoms with van der Waals surface area (Å²) in [4.78, 5) is 54.1. The third-order valence-electron chi connectivity index (χ3n) is 11.4. The molecule has 3 aliphatic rings. The number of hydrogen-bond acceptors (Lipinski definition) is 13. The average Bonchev–Trinajstić information content (AvgIpc) is 3.48. The number of carbonyl (C=O) groups is 3. The van der Waals surface area contributed by atoms with E-state index in [2.05, 4.69) is 20.7 Å². The number of rotatable bonds is 12. The smallest absolute Gasteiger partial charge is 0.266 e. The molecule has 2 aromatic heterocycles. The molecule has 4 aromatic rings. The Hall–Kier alpha value is -5.26. The number of sulfonamides is 1. The first kappa shape index (κ1) is 44.8. The van der Waals surface area contributed by atoms with Crippen LogP contribution in [0.15, 0.2) is 71.0 Å². The zero-order valence-corrected chi connectivity index (χ0v) is 37.6. The van der Waals surface area contributed by atoms with Crippen LogP contribution in [0.3, 0.4) is 0 Å². The van der Waals surface area contributed by atoms with Crippen LogP contribution in [-0.2, 0) is 24.4 Å². The van der Waals surface area contributed by atoms with Crippen LogP contribution < -0.4 is 35.9 Å². The molecule has 2 aliphatic heterocycles. The highest BCUT2D eigenvalue weighted by Gasteiger charge is 2.61. The van der Waals surface area contributed by atoms with E-state index in [1.807, 2.05) is 69.5 Å². The zero-order valence-electron chi connectivity index (χ0n) is 36.0. The third-order valence-corrected chi connectivity index (χ3v) is 13.6. The van der Waals surface area contributed by atoms with Crippen molar-refractivity contribution in [2.75, 3.05) is 30.8 Å². The minimum absolute atomic E-state index is 0.00998. The largest absolute Gasteiger partial charge is 0.497 e. The summed E-state index contributed by atoms with van der Waals surface area (Å²) in [5.41, 5.74) is 7.12. The first-order valence-electron chi connectivity index (χ1n) is 21.5. The number of nitrogens with zero attached hydrogens (tertiary/aromatic N) is 3. The highest BCUT2D eigenvalue weighted by molar-refractivity contribution is 7.90. The molecule has 4 heterocycles. The van der Waals surface area contributed by atoms with Crippen LogP contribution in [0, 0.1) is 11.8 Å². The normalized spacial score (nSPS) is 23.0. The van der Waals surface area contributed by atoms with Crippen molar-refractivity contribution < 1.29 is 32.3 Å². The van der Waals surface area contributed by atoms with Gasteiger partial charge >= 0.3 is 0 Å². The lowest BCUT2D eigenvalue weighted by molar-refractivity contribution is -0.140. The van der Waals surface area contributed by atoms with Gasteiger partial charge in [0, 0.05) is 60.3 Å². The first-order chi connectivity index (χ1) is 29.6. The molecule has 5 atom stereocenters. The molecule has 62 heavy (non-hydrogen) atoms. The number of pyridine rings is 1. The number of likely N-dealkylation sites (tertiary alicyclic amines) is 1. The number of hydrogen-bond donors (Lipinski definition) is 5. The van der Waals surface area contributed by atoms with E-state index in [0.717, 1.165) is 30.8 Å². The predicted octanol–water partition coefficient (Wildman–Crippen LogP) is 6.22. The molecular formula is C45H58N8O7S2. The molecule has 0 spiro atoms. The van der Waals surface area contributed by atoms with E-state index in [0.29, 0.717) is 52.4 Å². The van der Waals surface area contributed by atoms with Crippen molar-refractivity contribution in [1.82, 2.24) is 24.9 Å². The predicted molar refractivity (Wildman–Crippen MR) is 242 cm³/mol. The van der Waals surface area contributed by atoms with E-state index in [1.54, 1.807) is 25.3 Å². The number of nitrogens with two attached hydrogens (primary N) is 1. The van der Waals surface area contributed by atoms with Gasteiger partial charge in [0.2, 0.25) is 11.8 Å². The summed E-state index contributed by atoms with van der Waals surface area (Å²) >= 11 is 1.47. The number of thiazole rings is 1. The highest BCUT2D eigenvalue weighted by Crippen LogP contribution is 2.46. The third kappa shape index (κ3) is 10.3. The van der Waals surface area contributed by atoms with Crippen LogP contribution in [0.2, 0.25) is 0 Å². The molecule has 2 fully saturated rings. The number of allylic oxidation sites excluding steroid dienone is 1. The van der Waals surface area contributed by atoms with Crippen molar-refractivity contribution >= 4 is 60.8 Å². The highest BCUT2D eigenvalue weighted by atomic mass is 32.2. The summed E-state index contributed by atoms with van der Waals surface area (Å²) in [7, 11) is -2.76. The Labute approximate surface area is 367 Å². The zero-order chi connectivity index (χ0) is 44.2. The van der Waals surface area contributed by atoms with Crippen LogP contribution in [-0.4, -0.2) is 91.0 Å². The van der Waals surface area contributed by atoms with Gasteiger partial charge in [-0.25, -0.2) is 23.1 Å². The summed E-state index contributed by atoms with van der Waals surface area (Å²) < 4.78 is 42.2. The molecule has 7 rings (SSSR count). The maximum atomic E-state index is 14.7. The molecule has 15 nitrogen and oxygen atoms in total. The van der Waals surface area contributed by atoms with E-state index >= 15 is 0 Å². The lowest BCUT2D eigenvalue weighted by Gasteiger charge is -2.27. The second-order valence-electron chi connectivity index (χ2n) is 17.3. The van der Waals surface area contributed by atoms with Crippen molar-refractivity contribution in [2.45, 2.75) is 114 Å². The topological polar surface area (TPSA) is 207 Å². The molecule has 6 N–H and O–H groups in total. The van der Waals surface area contributed by atoms with E-state index < -0.39 is 51.5 Å². The molecule has 1 saturated carbocycles. The number of aromatic nitrogens is 2. The summed E-state index contributed by atoms with van der Waals surface area (Å²) in [6, 6.07) is 12.5. The minimum Gasteiger partial charge on any atom is -0.497 e. The number of amides is 3. The van der Waals surface area contributed by atoms with Gasteiger partial charge < -0.3 is 36.1 Å². The second-order valence-corrected chi connectivity index (χ2v) is 19.8. The van der Waals surface area contributed by atoms with Gasteiger partial charge in [-0.15, -0.1) is 11.3 Å². The average molecular weight is 887 g/mol. The van der Waals surface area contributed by atoms with E-state index in [4.69, 9.17) is 25.2 Å². The van der Waals surface area contributed by atoms with Crippen LogP contribution in [0.5, 0.6) is 11.5 Å². The Bertz CT molecular complexity index is 2420. The standard InChI is InChI=1S/C45H58N8O7S2/c1-27(2)19-30(46)20-41(54)53-25-32(60-39-23-36(37-26-61-44(50-37)48-28(3)4)49-35-21-31(59-5)16-17-33(35)39)22-38(53)42(55)51-45-24-29(45)13-9-7-6-8-12-18-47-34-14-10-11-15-40(34)62(57,58)52-43(45)56/h9-11,13-17,21,23,26-30,32,38,47H,6-8,12,18-20,22,24-25,46H2,1-5H3,(H,48,50)(H,51,55)(H,52,56)/t29-,30+,32-,38+,45-/m1/s1.